The maximum absolute atomic E-state index is 9.78. The zero-order chi connectivity index (χ0) is 12.1. The first-order valence-electron chi connectivity index (χ1n) is 5.59. The fourth-order valence-corrected chi connectivity index (χ4v) is 1.57. The highest BCUT2D eigenvalue weighted by molar-refractivity contribution is 6.60. The number of aliphatic hydroxyl groups excluding tert-OH is 1. The third-order valence-corrected chi connectivity index (χ3v) is 2.45. The lowest BCUT2D eigenvalue weighted by molar-refractivity contribution is 0.0949. The maximum atomic E-state index is 9.78. The molecule has 0 aliphatic rings. The molecule has 3 nitrogen and oxygen atoms in total. The molecule has 0 aliphatic carbocycles. The van der Waals surface area contributed by atoms with E-state index in [1.54, 1.807) is 0 Å². The molecule has 2 N–H and O–H groups in total. The van der Waals surface area contributed by atoms with Crippen LogP contribution in [-0.4, -0.2) is 30.0 Å². The van der Waals surface area contributed by atoms with Crippen molar-refractivity contribution in [3.8, 4) is 0 Å². The van der Waals surface area contributed by atoms with Gasteiger partial charge in [-0.1, -0.05) is 36.2 Å². The van der Waals surface area contributed by atoms with Gasteiger partial charge in [0, 0.05) is 0 Å². The van der Waals surface area contributed by atoms with Crippen LogP contribution < -0.4 is 5.46 Å². The largest absolute Gasteiger partial charge is 0.491 e. The van der Waals surface area contributed by atoms with Crippen molar-refractivity contribution in [1.29, 1.82) is 0 Å². The Morgan fingerprint density at radius 1 is 1.25 bits per heavy atom. The van der Waals surface area contributed by atoms with E-state index in [9.17, 15) is 10.1 Å². The van der Waals surface area contributed by atoms with Crippen LogP contribution in [0.2, 0.25) is 0 Å². The average Bonchev–Trinajstić information content (AvgIpc) is 2.23. The van der Waals surface area contributed by atoms with E-state index in [1.165, 1.54) is 0 Å². The number of benzene rings is 1. The van der Waals surface area contributed by atoms with E-state index in [4.69, 9.17) is 4.65 Å². The molecule has 0 fully saturated rings. The Labute approximate surface area is 97.2 Å². The third-order valence-electron chi connectivity index (χ3n) is 2.45. The van der Waals surface area contributed by atoms with Crippen LogP contribution in [0.3, 0.4) is 0 Å². The number of aryl methyl sites for hydroxylation is 2. The molecular formula is C12H19BO3. The van der Waals surface area contributed by atoms with Crippen LogP contribution in [-0.2, 0) is 4.65 Å². The van der Waals surface area contributed by atoms with E-state index in [0.717, 1.165) is 16.6 Å². The summed E-state index contributed by atoms with van der Waals surface area (Å²) in [5.74, 6) is 0. The molecule has 16 heavy (non-hydrogen) atoms. The van der Waals surface area contributed by atoms with Gasteiger partial charge in [0.15, 0.2) is 0 Å². The summed E-state index contributed by atoms with van der Waals surface area (Å²) in [7, 11) is -0.959. The standard InChI is InChI=1S/C12H19BO3/c1-4-12(14)8-16-13(15)11-6-9(2)5-10(3)7-11/h5-7,12,14-15H,4,8H2,1-3H3. The molecule has 1 aromatic rings. The lowest BCUT2D eigenvalue weighted by Gasteiger charge is -2.12. The van der Waals surface area contributed by atoms with Crippen LogP contribution in [0.5, 0.6) is 0 Å². The molecule has 0 saturated heterocycles. The Bertz CT molecular complexity index is 321. The van der Waals surface area contributed by atoms with Crippen LogP contribution in [0.25, 0.3) is 0 Å². The smallest absolute Gasteiger partial charge is 0.423 e. The zero-order valence-corrected chi connectivity index (χ0v) is 10.1. The first kappa shape index (κ1) is 13.2. The van der Waals surface area contributed by atoms with Gasteiger partial charge in [-0.15, -0.1) is 0 Å². The van der Waals surface area contributed by atoms with E-state index in [0.29, 0.717) is 6.42 Å². The van der Waals surface area contributed by atoms with Gasteiger partial charge in [-0.2, -0.15) is 0 Å². The Kier molecular flexibility index (Phi) is 4.99. The van der Waals surface area contributed by atoms with Gasteiger partial charge in [0.05, 0.1) is 12.7 Å². The van der Waals surface area contributed by atoms with Crippen molar-refractivity contribution in [3.05, 3.63) is 29.3 Å². The van der Waals surface area contributed by atoms with E-state index >= 15 is 0 Å². The van der Waals surface area contributed by atoms with Crippen LogP contribution in [0.15, 0.2) is 18.2 Å². The van der Waals surface area contributed by atoms with Crippen LogP contribution in [0, 0.1) is 13.8 Å². The van der Waals surface area contributed by atoms with E-state index in [1.807, 2.05) is 39.0 Å². The number of hydrogen-bond donors (Lipinski definition) is 2. The molecule has 1 unspecified atom stereocenters. The predicted molar refractivity (Wildman–Crippen MR) is 65.8 cm³/mol. The molecule has 0 bridgehead atoms. The highest BCUT2D eigenvalue weighted by Gasteiger charge is 2.18. The van der Waals surface area contributed by atoms with Crippen molar-refractivity contribution >= 4 is 12.6 Å². The van der Waals surface area contributed by atoms with Gasteiger partial charge in [0.2, 0.25) is 0 Å². The van der Waals surface area contributed by atoms with Gasteiger partial charge >= 0.3 is 7.12 Å². The Hall–Kier alpha value is -0.835. The lowest BCUT2D eigenvalue weighted by atomic mass is 9.78. The Morgan fingerprint density at radius 3 is 2.31 bits per heavy atom. The van der Waals surface area contributed by atoms with E-state index < -0.39 is 13.2 Å². The van der Waals surface area contributed by atoms with Gasteiger partial charge in [0.1, 0.15) is 0 Å². The molecule has 4 heteroatoms. The van der Waals surface area contributed by atoms with Gasteiger partial charge in [-0.25, -0.2) is 0 Å². The molecule has 0 spiro atoms. The van der Waals surface area contributed by atoms with Crippen molar-refractivity contribution in [2.24, 2.45) is 0 Å². The SMILES string of the molecule is CCC(O)COB(O)c1cc(C)cc(C)c1. The molecule has 0 radical (unpaired) electrons. The topological polar surface area (TPSA) is 49.7 Å². The van der Waals surface area contributed by atoms with Gasteiger partial charge in [0.25, 0.3) is 0 Å². The summed E-state index contributed by atoms with van der Waals surface area (Å²) in [4.78, 5) is 0. The molecular weight excluding hydrogens is 203 g/mol. The van der Waals surface area contributed by atoms with E-state index in [2.05, 4.69) is 0 Å². The lowest BCUT2D eigenvalue weighted by Crippen LogP contribution is -2.36. The molecule has 88 valence electrons. The number of rotatable bonds is 5. The van der Waals surface area contributed by atoms with Crippen LogP contribution in [0.1, 0.15) is 24.5 Å². The fourth-order valence-electron chi connectivity index (χ4n) is 1.57. The van der Waals surface area contributed by atoms with E-state index in [-0.39, 0.29) is 6.61 Å². The fraction of sp³-hybridized carbons (Fsp3) is 0.500. The summed E-state index contributed by atoms with van der Waals surface area (Å²) in [5, 5.41) is 19.1. The molecule has 0 amide bonds. The first-order valence-corrected chi connectivity index (χ1v) is 5.59. The molecule has 0 aromatic heterocycles. The predicted octanol–water partition coefficient (Wildman–Crippen LogP) is 0.778. The van der Waals surface area contributed by atoms with Crippen molar-refractivity contribution < 1.29 is 14.8 Å². The van der Waals surface area contributed by atoms with Crippen LogP contribution >= 0.6 is 0 Å². The first-order chi connectivity index (χ1) is 7.52. The molecule has 1 aromatic carbocycles. The van der Waals surface area contributed by atoms with Crippen molar-refractivity contribution in [2.45, 2.75) is 33.3 Å². The maximum Gasteiger partial charge on any atom is 0.491 e. The third kappa shape index (κ3) is 3.97. The number of hydrogen-bond acceptors (Lipinski definition) is 3. The molecule has 0 saturated carbocycles. The summed E-state index contributed by atoms with van der Waals surface area (Å²) in [6.07, 6.45) is 0.111. The highest BCUT2D eigenvalue weighted by Crippen LogP contribution is 2.02. The molecule has 0 heterocycles. The van der Waals surface area contributed by atoms with Gasteiger partial charge < -0.3 is 14.8 Å². The summed E-state index contributed by atoms with van der Waals surface area (Å²) in [6, 6.07) is 5.81. The minimum absolute atomic E-state index is 0.157. The quantitative estimate of drug-likeness (QED) is 0.723. The number of aliphatic hydroxyl groups is 1. The monoisotopic (exact) mass is 222 g/mol. The minimum Gasteiger partial charge on any atom is -0.423 e. The molecule has 1 rings (SSSR count). The van der Waals surface area contributed by atoms with Crippen molar-refractivity contribution in [2.75, 3.05) is 6.61 Å². The second kappa shape index (κ2) is 6.04. The zero-order valence-electron chi connectivity index (χ0n) is 10.1. The molecule has 0 aliphatic heterocycles. The van der Waals surface area contributed by atoms with Gasteiger partial charge in [-0.05, 0) is 25.7 Å². The van der Waals surface area contributed by atoms with Crippen molar-refractivity contribution in [3.63, 3.8) is 0 Å². The van der Waals surface area contributed by atoms with Crippen LogP contribution in [0.4, 0.5) is 0 Å². The average molecular weight is 222 g/mol. The Balaban J connectivity index is 2.62. The second-order valence-electron chi connectivity index (χ2n) is 4.17. The minimum atomic E-state index is -0.959. The normalized spacial score (nSPS) is 12.6. The summed E-state index contributed by atoms with van der Waals surface area (Å²) < 4.78 is 5.20. The summed E-state index contributed by atoms with van der Waals surface area (Å²) in [6.45, 7) is 5.98. The van der Waals surface area contributed by atoms with Crippen molar-refractivity contribution in [1.82, 2.24) is 0 Å². The highest BCUT2D eigenvalue weighted by atomic mass is 16.5. The van der Waals surface area contributed by atoms with Gasteiger partial charge in [-0.3, -0.25) is 0 Å². The Morgan fingerprint density at radius 2 is 1.81 bits per heavy atom. The summed E-state index contributed by atoms with van der Waals surface area (Å²) >= 11 is 0. The second-order valence-corrected chi connectivity index (χ2v) is 4.17. The molecule has 1 atom stereocenters. The summed E-state index contributed by atoms with van der Waals surface area (Å²) in [5.41, 5.74) is 2.92.